The van der Waals surface area contributed by atoms with E-state index in [1.54, 1.807) is 7.11 Å². The Hall–Kier alpha value is -2.70. The summed E-state index contributed by atoms with van der Waals surface area (Å²) in [4.78, 5) is 4.64. The van der Waals surface area contributed by atoms with E-state index in [1.165, 1.54) is 5.56 Å². The van der Waals surface area contributed by atoms with Gasteiger partial charge in [-0.25, -0.2) is 0 Å². The summed E-state index contributed by atoms with van der Waals surface area (Å²) in [5, 5.41) is 10.8. The van der Waals surface area contributed by atoms with E-state index in [0.717, 1.165) is 43.3 Å². The molecular weight excluding hydrogens is 330 g/mol. The molecule has 26 heavy (non-hydrogen) atoms. The van der Waals surface area contributed by atoms with Crippen LogP contribution in [0.2, 0.25) is 0 Å². The Morgan fingerprint density at radius 2 is 2.12 bits per heavy atom. The predicted octanol–water partition coefficient (Wildman–Crippen LogP) is 2.84. The van der Waals surface area contributed by atoms with Crippen molar-refractivity contribution in [3.05, 3.63) is 36.2 Å². The number of aromatic nitrogens is 2. The highest BCUT2D eigenvalue weighted by Crippen LogP contribution is 2.30. The molecule has 0 aliphatic rings. The van der Waals surface area contributed by atoms with Gasteiger partial charge in [-0.15, -0.1) is 0 Å². The summed E-state index contributed by atoms with van der Waals surface area (Å²) < 4.78 is 12.8. The summed E-state index contributed by atoms with van der Waals surface area (Å²) in [6.07, 6.45) is 5.88. The summed E-state index contributed by atoms with van der Waals surface area (Å²) >= 11 is 0. The van der Waals surface area contributed by atoms with Crippen molar-refractivity contribution in [2.75, 3.05) is 32.1 Å². The third-order valence-corrected chi connectivity index (χ3v) is 3.72. The minimum atomic E-state index is 0.586. The van der Waals surface area contributed by atoms with Crippen LogP contribution in [0, 0.1) is 0 Å². The number of nitrogens with one attached hydrogen (secondary N) is 2. The van der Waals surface area contributed by atoms with Gasteiger partial charge in [-0.3, -0.25) is 9.67 Å². The van der Waals surface area contributed by atoms with Gasteiger partial charge in [0.2, 0.25) is 0 Å². The average Bonchev–Trinajstić information content (AvgIpc) is 3.05. The fraction of sp³-hybridized carbons (Fsp3) is 0.474. The zero-order chi connectivity index (χ0) is 18.8. The van der Waals surface area contributed by atoms with Crippen molar-refractivity contribution in [1.82, 2.24) is 15.1 Å². The van der Waals surface area contributed by atoms with Gasteiger partial charge in [0.05, 0.1) is 19.9 Å². The normalized spacial score (nSPS) is 11.3. The molecule has 0 amide bonds. The lowest BCUT2D eigenvalue weighted by Gasteiger charge is -2.14. The maximum Gasteiger partial charge on any atom is 0.195 e. The van der Waals surface area contributed by atoms with Crippen LogP contribution in [0.15, 0.2) is 35.6 Å². The van der Waals surface area contributed by atoms with Crippen molar-refractivity contribution < 1.29 is 9.47 Å². The standard InChI is InChI=1S/C19H29N5O2/c1-5-20-19(21-11-7-8-15-13-22-24(3)14-15)23-16-9-10-17(25-4)18(12-16)26-6-2/h9-10,12-14H,5-8,11H2,1-4H3,(H2,20,21,23). The van der Waals surface area contributed by atoms with E-state index >= 15 is 0 Å². The van der Waals surface area contributed by atoms with Gasteiger partial charge in [0.15, 0.2) is 17.5 Å². The highest BCUT2D eigenvalue weighted by atomic mass is 16.5. The van der Waals surface area contributed by atoms with Gasteiger partial charge in [-0.1, -0.05) is 0 Å². The monoisotopic (exact) mass is 359 g/mol. The van der Waals surface area contributed by atoms with E-state index in [0.29, 0.717) is 12.4 Å². The van der Waals surface area contributed by atoms with Gasteiger partial charge in [0.25, 0.3) is 0 Å². The van der Waals surface area contributed by atoms with Gasteiger partial charge in [-0.2, -0.15) is 5.10 Å². The molecule has 7 nitrogen and oxygen atoms in total. The van der Waals surface area contributed by atoms with E-state index in [1.807, 2.05) is 56.2 Å². The van der Waals surface area contributed by atoms with E-state index in [-0.39, 0.29) is 0 Å². The highest BCUT2D eigenvalue weighted by molar-refractivity contribution is 5.93. The van der Waals surface area contributed by atoms with Gasteiger partial charge in [-0.05, 0) is 44.4 Å². The number of nitrogens with zero attached hydrogens (tertiary/aromatic N) is 3. The first-order chi connectivity index (χ1) is 12.7. The van der Waals surface area contributed by atoms with Crippen molar-refractivity contribution in [2.24, 2.45) is 12.0 Å². The quantitative estimate of drug-likeness (QED) is 0.409. The van der Waals surface area contributed by atoms with E-state index < -0.39 is 0 Å². The van der Waals surface area contributed by atoms with Crippen LogP contribution in [0.4, 0.5) is 5.69 Å². The van der Waals surface area contributed by atoms with Crippen molar-refractivity contribution in [1.29, 1.82) is 0 Å². The molecule has 0 fully saturated rings. The van der Waals surface area contributed by atoms with Crippen molar-refractivity contribution >= 4 is 11.6 Å². The Labute approximate surface area is 155 Å². The molecule has 0 spiro atoms. The Morgan fingerprint density at radius 1 is 1.27 bits per heavy atom. The molecule has 142 valence electrons. The molecule has 1 aromatic carbocycles. The van der Waals surface area contributed by atoms with Crippen molar-refractivity contribution in [2.45, 2.75) is 26.7 Å². The number of benzene rings is 1. The van der Waals surface area contributed by atoms with Crippen LogP contribution < -0.4 is 20.1 Å². The number of aryl methyl sites for hydroxylation is 2. The maximum atomic E-state index is 5.63. The third-order valence-electron chi connectivity index (χ3n) is 3.72. The smallest absolute Gasteiger partial charge is 0.195 e. The van der Waals surface area contributed by atoms with E-state index in [9.17, 15) is 0 Å². The second-order valence-electron chi connectivity index (χ2n) is 5.81. The number of anilines is 1. The first-order valence-corrected chi connectivity index (χ1v) is 9.00. The minimum absolute atomic E-state index is 0.586. The molecular formula is C19H29N5O2. The van der Waals surface area contributed by atoms with Gasteiger partial charge in [0, 0.05) is 38.1 Å². The highest BCUT2D eigenvalue weighted by Gasteiger charge is 2.07. The Bertz CT molecular complexity index is 712. The molecule has 0 aliphatic carbocycles. The Morgan fingerprint density at radius 3 is 2.77 bits per heavy atom. The average molecular weight is 359 g/mol. The first-order valence-electron chi connectivity index (χ1n) is 9.00. The zero-order valence-electron chi connectivity index (χ0n) is 16.1. The SMILES string of the molecule is CCNC(=NCCCc1cnn(C)c1)Nc1ccc(OC)c(OCC)c1. The molecule has 0 radical (unpaired) electrons. The molecule has 0 atom stereocenters. The van der Waals surface area contributed by atoms with E-state index in [2.05, 4.69) is 20.7 Å². The van der Waals surface area contributed by atoms with E-state index in [4.69, 9.17) is 9.47 Å². The van der Waals surface area contributed by atoms with Gasteiger partial charge in [0.1, 0.15) is 0 Å². The topological polar surface area (TPSA) is 72.7 Å². The number of aliphatic imine (C=N–C) groups is 1. The van der Waals surface area contributed by atoms with Gasteiger partial charge < -0.3 is 20.1 Å². The maximum absolute atomic E-state index is 5.63. The fourth-order valence-electron chi connectivity index (χ4n) is 2.54. The fourth-order valence-corrected chi connectivity index (χ4v) is 2.54. The van der Waals surface area contributed by atoms with Crippen molar-refractivity contribution in [3.8, 4) is 11.5 Å². The number of rotatable bonds is 9. The van der Waals surface area contributed by atoms with Crippen LogP contribution >= 0.6 is 0 Å². The van der Waals surface area contributed by atoms with Crippen LogP contribution in [-0.2, 0) is 13.5 Å². The van der Waals surface area contributed by atoms with Crippen LogP contribution in [0.25, 0.3) is 0 Å². The largest absolute Gasteiger partial charge is 0.493 e. The molecule has 2 rings (SSSR count). The molecule has 7 heteroatoms. The lowest BCUT2D eigenvalue weighted by atomic mass is 10.2. The van der Waals surface area contributed by atoms with Crippen LogP contribution in [-0.4, -0.2) is 42.5 Å². The predicted molar refractivity (Wildman–Crippen MR) is 105 cm³/mol. The van der Waals surface area contributed by atoms with Crippen molar-refractivity contribution in [3.63, 3.8) is 0 Å². The summed E-state index contributed by atoms with van der Waals surface area (Å²) in [6, 6.07) is 5.76. The number of ether oxygens (including phenoxy) is 2. The first kappa shape index (κ1) is 19.6. The number of guanidine groups is 1. The van der Waals surface area contributed by atoms with Crippen LogP contribution in [0.1, 0.15) is 25.8 Å². The molecule has 0 saturated heterocycles. The van der Waals surface area contributed by atoms with Crippen LogP contribution in [0.3, 0.4) is 0 Å². The Balaban J connectivity index is 1.96. The lowest BCUT2D eigenvalue weighted by molar-refractivity contribution is 0.311. The molecule has 2 aromatic rings. The number of hydrogen-bond acceptors (Lipinski definition) is 4. The molecule has 0 bridgehead atoms. The van der Waals surface area contributed by atoms with Gasteiger partial charge >= 0.3 is 0 Å². The summed E-state index contributed by atoms with van der Waals surface area (Å²) in [5.74, 6) is 2.19. The molecule has 0 unspecified atom stereocenters. The number of hydrogen-bond donors (Lipinski definition) is 2. The molecule has 2 N–H and O–H groups in total. The van der Waals surface area contributed by atoms with Crippen LogP contribution in [0.5, 0.6) is 11.5 Å². The zero-order valence-corrected chi connectivity index (χ0v) is 16.1. The Kier molecular flexibility index (Phi) is 7.79. The molecule has 0 aliphatic heterocycles. The minimum Gasteiger partial charge on any atom is -0.493 e. The summed E-state index contributed by atoms with van der Waals surface area (Å²) in [6.45, 7) is 6.11. The summed E-state index contributed by atoms with van der Waals surface area (Å²) in [7, 11) is 3.57. The second-order valence-corrected chi connectivity index (χ2v) is 5.81. The third kappa shape index (κ3) is 5.98. The second kappa shape index (κ2) is 10.3. The molecule has 1 aromatic heterocycles. The summed E-state index contributed by atoms with van der Waals surface area (Å²) in [5.41, 5.74) is 2.14. The number of methoxy groups -OCH3 is 1. The lowest BCUT2D eigenvalue weighted by Crippen LogP contribution is -2.30. The molecule has 1 heterocycles. The molecule has 0 saturated carbocycles.